The standard InChI is InChI=1S/C13H24N4O/c1-4-5-6-11-15-12(16-18-11)13(2,3)17-9-7-14-8-10-17/h14H,4-10H2,1-3H3. The molecule has 0 radical (unpaired) electrons. The van der Waals surface area contributed by atoms with Crippen molar-refractivity contribution in [2.45, 2.75) is 45.6 Å². The Labute approximate surface area is 109 Å². The van der Waals surface area contributed by atoms with Gasteiger partial charge in [0.25, 0.3) is 0 Å². The van der Waals surface area contributed by atoms with E-state index in [4.69, 9.17) is 4.52 Å². The molecule has 0 bridgehead atoms. The molecule has 0 saturated carbocycles. The number of nitrogens with one attached hydrogen (secondary N) is 1. The topological polar surface area (TPSA) is 54.2 Å². The van der Waals surface area contributed by atoms with E-state index in [2.05, 4.69) is 41.1 Å². The van der Waals surface area contributed by atoms with Gasteiger partial charge in [-0.25, -0.2) is 0 Å². The van der Waals surface area contributed by atoms with Gasteiger partial charge in [-0.05, 0) is 20.3 Å². The fraction of sp³-hybridized carbons (Fsp3) is 0.846. The van der Waals surface area contributed by atoms with Gasteiger partial charge in [-0.15, -0.1) is 0 Å². The lowest BCUT2D eigenvalue weighted by atomic mass is 10.0. The van der Waals surface area contributed by atoms with Gasteiger partial charge in [-0.3, -0.25) is 4.90 Å². The van der Waals surface area contributed by atoms with Gasteiger partial charge in [0.15, 0.2) is 5.82 Å². The van der Waals surface area contributed by atoms with Crippen molar-refractivity contribution in [3.63, 3.8) is 0 Å². The Balaban J connectivity index is 2.05. The van der Waals surface area contributed by atoms with Gasteiger partial charge >= 0.3 is 0 Å². The molecule has 5 heteroatoms. The van der Waals surface area contributed by atoms with Crippen LogP contribution in [0.5, 0.6) is 0 Å². The third kappa shape index (κ3) is 2.90. The number of piperazine rings is 1. The van der Waals surface area contributed by atoms with Crippen molar-refractivity contribution >= 4 is 0 Å². The van der Waals surface area contributed by atoms with Crippen molar-refractivity contribution in [3.05, 3.63) is 11.7 Å². The Hall–Kier alpha value is -0.940. The summed E-state index contributed by atoms with van der Waals surface area (Å²) in [6, 6.07) is 0. The van der Waals surface area contributed by atoms with Gasteiger partial charge in [0.1, 0.15) is 0 Å². The highest BCUT2D eigenvalue weighted by Gasteiger charge is 2.34. The molecule has 1 N–H and O–H groups in total. The first-order valence-electron chi connectivity index (χ1n) is 6.93. The highest BCUT2D eigenvalue weighted by atomic mass is 16.5. The van der Waals surface area contributed by atoms with Crippen molar-refractivity contribution in [2.24, 2.45) is 0 Å². The summed E-state index contributed by atoms with van der Waals surface area (Å²) in [6.07, 6.45) is 3.15. The normalized spacial score (nSPS) is 18.2. The van der Waals surface area contributed by atoms with Crippen molar-refractivity contribution in [2.75, 3.05) is 26.2 Å². The van der Waals surface area contributed by atoms with Gasteiger partial charge < -0.3 is 9.84 Å². The number of aryl methyl sites for hydroxylation is 1. The molecule has 1 aliphatic heterocycles. The maximum atomic E-state index is 5.34. The molecule has 18 heavy (non-hydrogen) atoms. The highest BCUT2D eigenvalue weighted by molar-refractivity contribution is 5.03. The molecule has 0 unspecified atom stereocenters. The molecule has 0 aliphatic carbocycles. The van der Waals surface area contributed by atoms with E-state index in [0.717, 1.165) is 57.2 Å². The smallest absolute Gasteiger partial charge is 0.226 e. The van der Waals surface area contributed by atoms with Crippen LogP contribution in [0.2, 0.25) is 0 Å². The summed E-state index contributed by atoms with van der Waals surface area (Å²) in [5, 5.41) is 7.53. The molecule has 2 heterocycles. The Bertz CT molecular complexity index is 369. The third-order valence-corrected chi connectivity index (χ3v) is 3.67. The first kappa shape index (κ1) is 13.5. The van der Waals surface area contributed by atoms with E-state index >= 15 is 0 Å². The summed E-state index contributed by atoms with van der Waals surface area (Å²) in [4.78, 5) is 6.97. The monoisotopic (exact) mass is 252 g/mol. The molecule has 0 aromatic carbocycles. The SMILES string of the molecule is CCCCc1nc(C(C)(C)N2CCNCC2)no1. The van der Waals surface area contributed by atoms with Crippen LogP contribution >= 0.6 is 0 Å². The maximum Gasteiger partial charge on any atom is 0.226 e. The van der Waals surface area contributed by atoms with Gasteiger partial charge in [-0.2, -0.15) is 4.98 Å². The van der Waals surface area contributed by atoms with Crippen LogP contribution < -0.4 is 5.32 Å². The molecule has 1 aliphatic rings. The number of unbranched alkanes of at least 4 members (excludes halogenated alkanes) is 1. The van der Waals surface area contributed by atoms with Crippen LogP contribution in [0.15, 0.2) is 4.52 Å². The average Bonchev–Trinajstić information content (AvgIpc) is 2.87. The lowest BCUT2D eigenvalue weighted by molar-refractivity contribution is 0.0924. The average molecular weight is 252 g/mol. The molecular formula is C13H24N4O. The van der Waals surface area contributed by atoms with E-state index in [1.165, 1.54) is 0 Å². The molecule has 0 atom stereocenters. The second-order valence-electron chi connectivity index (χ2n) is 5.41. The first-order valence-corrected chi connectivity index (χ1v) is 6.93. The van der Waals surface area contributed by atoms with E-state index in [1.54, 1.807) is 0 Å². The molecule has 0 amide bonds. The second kappa shape index (κ2) is 5.80. The second-order valence-corrected chi connectivity index (χ2v) is 5.41. The van der Waals surface area contributed by atoms with Crippen LogP contribution in [0, 0.1) is 0 Å². The van der Waals surface area contributed by atoms with E-state index < -0.39 is 0 Å². The molecule has 1 aromatic rings. The van der Waals surface area contributed by atoms with Crippen molar-refractivity contribution in [1.29, 1.82) is 0 Å². The van der Waals surface area contributed by atoms with E-state index in [9.17, 15) is 0 Å². The Kier molecular flexibility index (Phi) is 4.35. The van der Waals surface area contributed by atoms with Gasteiger partial charge in [0.05, 0.1) is 5.54 Å². The Morgan fingerprint density at radius 1 is 1.33 bits per heavy atom. The van der Waals surface area contributed by atoms with Crippen LogP contribution in [0.3, 0.4) is 0 Å². The number of hydrogen-bond acceptors (Lipinski definition) is 5. The minimum atomic E-state index is -0.143. The largest absolute Gasteiger partial charge is 0.339 e. The van der Waals surface area contributed by atoms with Crippen molar-refractivity contribution in [1.82, 2.24) is 20.4 Å². The maximum absolute atomic E-state index is 5.34. The van der Waals surface area contributed by atoms with Crippen LogP contribution in [0.1, 0.15) is 45.3 Å². The fourth-order valence-electron chi connectivity index (χ4n) is 2.30. The first-order chi connectivity index (χ1) is 8.64. The zero-order chi connectivity index (χ0) is 13.0. The van der Waals surface area contributed by atoms with Crippen LogP contribution in [-0.2, 0) is 12.0 Å². The van der Waals surface area contributed by atoms with E-state index in [-0.39, 0.29) is 5.54 Å². The van der Waals surface area contributed by atoms with Gasteiger partial charge in [-0.1, -0.05) is 18.5 Å². The van der Waals surface area contributed by atoms with Crippen molar-refractivity contribution in [3.8, 4) is 0 Å². The molecule has 1 saturated heterocycles. The summed E-state index contributed by atoms with van der Waals surface area (Å²) >= 11 is 0. The lowest BCUT2D eigenvalue weighted by Gasteiger charge is -2.38. The van der Waals surface area contributed by atoms with Gasteiger partial charge in [0, 0.05) is 32.6 Å². The minimum absolute atomic E-state index is 0.143. The Morgan fingerprint density at radius 3 is 2.72 bits per heavy atom. The predicted octanol–water partition coefficient (Wildman–Crippen LogP) is 1.55. The molecule has 0 spiro atoms. The molecule has 1 aromatic heterocycles. The number of rotatable bonds is 5. The number of hydrogen-bond donors (Lipinski definition) is 1. The molecule has 1 fully saturated rings. The predicted molar refractivity (Wildman–Crippen MR) is 70.4 cm³/mol. The quantitative estimate of drug-likeness (QED) is 0.861. The van der Waals surface area contributed by atoms with Crippen LogP contribution in [-0.4, -0.2) is 41.2 Å². The summed E-state index contributed by atoms with van der Waals surface area (Å²) < 4.78 is 5.34. The van der Waals surface area contributed by atoms with Gasteiger partial charge in [0.2, 0.25) is 5.89 Å². The molecule has 2 rings (SSSR count). The lowest BCUT2D eigenvalue weighted by Crippen LogP contribution is -2.52. The van der Waals surface area contributed by atoms with Crippen LogP contribution in [0.4, 0.5) is 0 Å². The molecular weight excluding hydrogens is 228 g/mol. The zero-order valence-corrected chi connectivity index (χ0v) is 11.7. The molecule has 102 valence electrons. The summed E-state index contributed by atoms with van der Waals surface area (Å²) in [7, 11) is 0. The van der Waals surface area contributed by atoms with Crippen LogP contribution in [0.25, 0.3) is 0 Å². The third-order valence-electron chi connectivity index (χ3n) is 3.67. The minimum Gasteiger partial charge on any atom is -0.339 e. The van der Waals surface area contributed by atoms with Crippen molar-refractivity contribution < 1.29 is 4.52 Å². The van der Waals surface area contributed by atoms with E-state index in [0.29, 0.717) is 0 Å². The Morgan fingerprint density at radius 2 is 2.06 bits per heavy atom. The number of aromatic nitrogens is 2. The fourth-order valence-corrected chi connectivity index (χ4v) is 2.30. The highest BCUT2D eigenvalue weighted by Crippen LogP contribution is 2.25. The number of nitrogens with zero attached hydrogens (tertiary/aromatic N) is 3. The summed E-state index contributed by atoms with van der Waals surface area (Å²) in [5.74, 6) is 1.59. The molecule has 5 nitrogen and oxygen atoms in total. The summed E-state index contributed by atoms with van der Waals surface area (Å²) in [6.45, 7) is 10.6. The zero-order valence-electron chi connectivity index (χ0n) is 11.7. The summed E-state index contributed by atoms with van der Waals surface area (Å²) in [5.41, 5.74) is -0.143. The van der Waals surface area contributed by atoms with E-state index in [1.807, 2.05) is 0 Å².